The largest absolute Gasteiger partial charge is 0.493 e. The lowest BCUT2D eigenvalue weighted by atomic mass is 9.97. The molecule has 0 radical (unpaired) electrons. The molecule has 0 unspecified atom stereocenters. The highest BCUT2D eigenvalue weighted by Crippen LogP contribution is 2.31. The summed E-state index contributed by atoms with van der Waals surface area (Å²) < 4.78 is 20.9. The molecular formula is C33H30N2O10. The fourth-order valence-electron chi connectivity index (χ4n) is 4.58. The van der Waals surface area contributed by atoms with Crippen molar-refractivity contribution in [3.63, 3.8) is 0 Å². The normalized spacial score (nSPS) is 10.4. The highest BCUT2D eigenvalue weighted by molar-refractivity contribution is 6.11. The number of anilines is 2. The molecule has 45 heavy (non-hydrogen) atoms. The molecule has 0 atom stereocenters. The van der Waals surface area contributed by atoms with Crippen LogP contribution < -0.4 is 29.6 Å². The van der Waals surface area contributed by atoms with Crippen molar-refractivity contribution < 1.29 is 48.3 Å². The number of nitrogens with one attached hydrogen (secondary N) is 2. The van der Waals surface area contributed by atoms with Gasteiger partial charge in [0, 0.05) is 17.3 Å². The molecule has 232 valence electrons. The molecule has 0 saturated heterocycles. The molecule has 0 aromatic heterocycles. The molecule has 0 spiro atoms. The van der Waals surface area contributed by atoms with Crippen LogP contribution in [0.2, 0.25) is 0 Å². The topological polar surface area (TPSA) is 170 Å². The summed E-state index contributed by atoms with van der Waals surface area (Å²) in [6.45, 7) is 0. The minimum Gasteiger partial charge on any atom is -0.493 e. The molecule has 4 N–H and O–H groups in total. The lowest BCUT2D eigenvalue weighted by Crippen LogP contribution is -2.17. The van der Waals surface area contributed by atoms with Gasteiger partial charge < -0.3 is 39.8 Å². The first-order valence-corrected chi connectivity index (χ1v) is 13.4. The Morgan fingerprint density at radius 2 is 1.11 bits per heavy atom. The fraction of sp³-hybridized carbons (Fsp3) is 0.152. The van der Waals surface area contributed by atoms with Crippen molar-refractivity contribution in [1.29, 1.82) is 0 Å². The number of carbonyl (C=O) groups is 4. The Bertz CT molecular complexity index is 1780. The van der Waals surface area contributed by atoms with Gasteiger partial charge in [-0.15, -0.1) is 0 Å². The van der Waals surface area contributed by atoms with Crippen molar-refractivity contribution in [2.24, 2.45) is 0 Å². The van der Waals surface area contributed by atoms with Gasteiger partial charge in [-0.2, -0.15) is 0 Å². The van der Waals surface area contributed by atoms with Crippen LogP contribution in [-0.4, -0.2) is 62.4 Å². The summed E-state index contributed by atoms with van der Waals surface area (Å²) in [5.41, 5.74) is 1.26. The number of carboxylic acid groups (broad SMARTS) is 2. The Balaban J connectivity index is 1.55. The first-order chi connectivity index (χ1) is 21.6. The third-order valence-electron chi connectivity index (χ3n) is 6.82. The number of rotatable bonds is 12. The van der Waals surface area contributed by atoms with Crippen molar-refractivity contribution in [2.45, 2.75) is 6.42 Å². The predicted octanol–water partition coefficient (Wildman–Crippen LogP) is 5.21. The van der Waals surface area contributed by atoms with Gasteiger partial charge in [0.15, 0.2) is 23.0 Å². The quantitative estimate of drug-likeness (QED) is 0.166. The second-order valence-electron chi connectivity index (χ2n) is 9.59. The summed E-state index contributed by atoms with van der Waals surface area (Å²) in [7, 11) is 5.83. The van der Waals surface area contributed by atoms with Gasteiger partial charge in [-0.3, -0.25) is 9.59 Å². The Morgan fingerprint density at radius 3 is 1.71 bits per heavy atom. The molecule has 0 aliphatic rings. The average molecular weight is 615 g/mol. The molecule has 0 aliphatic heterocycles. The maximum atomic E-state index is 13.0. The Morgan fingerprint density at radius 1 is 0.556 bits per heavy atom. The third kappa shape index (κ3) is 7.31. The predicted molar refractivity (Wildman–Crippen MR) is 165 cm³/mol. The monoisotopic (exact) mass is 614 g/mol. The van der Waals surface area contributed by atoms with E-state index in [2.05, 4.69) is 10.6 Å². The Kier molecular flexibility index (Phi) is 9.89. The molecule has 0 saturated carbocycles. The average Bonchev–Trinajstić information content (AvgIpc) is 3.04. The zero-order valence-electron chi connectivity index (χ0n) is 24.8. The number of ether oxygens (including phenoxy) is 4. The first-order valence-electron chi connectivity index (χ1n) is 13.4. The van der Waals surface area contributed by atoms with Gasteiger partial charge in [-0.25, -0.2) is 9.59 Å². The Hall–Kier alpha value is -6.04. The molecule has 0 bridgehead atoms. The van der Waals surface area contributed by atoms with Gasteiger partial charge in [0.25, 0.3) is 11.8 Å². The standard InChI is InChI=1S/C33H30N2O10/c1-42-26-11-7-20(16-28(26)44-3)30(36)35-25-10-6-19(15-24(25)33(40)41)13-18-5-9-22(23(14-18)32(38)39)31(37)34-21-8-12-27(43-2)29(17-21)45-4/h5-12,14-17H,13H2,1-4H3,(H,34,37)(H,35,36)(H,38,39)(H,40,41). The first kappa shape index (κ1) is 31.9. The number of carboxylic acids is 2. The van der Waals surface area contributed by atoms with Gasteiger partial charge in [0.05, 0.1) is 50.8 Å². The van der Waals surface area contributed by atoms with E-state index in [1.54, 1.807) is 36.4 Å². The van der Waals surface area contributed by atoms with E-state index in [-0.39, 0.29) is 34.4 Å². The molecule has 4 rings (SSSR count). The van der Waals surface area contributed by atoms with Crippen LogP contribution in [0.1, 0.15) is 52.6 Å². The number of amides is 2. The van der Waals surface area contributed by atoms with Crippen LogP contribution >= 0.6 is 0 Å². The van der Waals surface area contributed by atoms with E-state index < -0.39 is 23.8 Å². The molecule has 0 heterocycles. The summed E-state index contributed by atoms with van der Waals surface area (Å²) >= 11 is 0. The summed E-state index contributed by atoms with van der Waals surface area (Å²) in [6.07, 6.45) is 0.155. The van der Waals surface area contributed by atoms with E-state index >= 15 is 0 Å². The zero-order valence-corrected chi connectivity index (χ0v) is 24.8. The number of methoxy groups -OCH3 is 4. The number of hydrogen-bond acceptors (Lipinski definition) is 8. The summed E-state index contributed by atoms with van der Waals surface area (Å²) in [4.78, 5) is 50.1. The van der Waals surface area contributed by atoms with Crippen LogP contribution in [0.4, 0.5) is 11.4 Å². The molecule has 4 aromatic rings. The second kappa shape index (κ2) is 14.0. The summed E-state index contributed by atoms with van der Waals surface area (Å²) in [5.74, 6) is -2.16. The molecule has 4 aromatic carbocycles. The molecule has 2 amide bonds. The van der Waals surface area contributed by atoms with Crippen LogP contribution in [0, 0.1) is 0 Å². The van der Waals surface area contributed by atoms with E-state index in [9.17, 15) is 29.4 Å². The minimum absolute atomic E-state index is 0.0689. The van der Waals surface area contributed by atoms with E-state index in [0.29, 0.717) is 39.8 Å². The van der Waals surface area contributed by atoms with E-state index in [4.69, 9.17) is 18.9 Å². The second-order valence-corrected chi connectivity index (χ2v) is 9.59. The van der Waals surface area contributed by atoms with Crippen LogP contribution in [0.15, 0.2) is 72.8 Å². The third-order valence-corrected chi connectivity index (χ3v) is 6.82. The van der Waals surface area contributed by atoms with Crippen molar-refractivity contribution in [1.82, 2.24) is 0 Å². The van der Waals surface area contributed by atoms with E-state index in [1.807, 2.05) is 0 Å². The van der Waals surface area contributed by atoms with Crippen LogP contribution in [0.25, 0.3) is 0 Å². The molecule has 12 heteroatoms. The van der Waals surface area contributed by atoms with Crippen molar-refractivity contribution in [3.8, 4) is 23.0 Å². The van der Waals surface area contributed by atoms with Crippen LogP contribution in [0.3, 0.4) is 0 Å². The zero-order chi connectivity index (χ0) is 32.7. The van der Waals surface area contributed by atoms with Crippen LogP contribution in [0.5, 0.6) is 23.0 Å². The molecule has 0 fully saturated rings. The lowest BCUT2D eigenvalue weighted by molar-refractivity contribution is 0.0685. The van der Waals surface area contributed by atoms with Gasteiger partial charge in [-0.1, -0.05) is 12.1 Å². The van der Waals surface area contributed by atoms with Crippen molar-refractivity contribution >= 4 is 35.1 Å². The maximum Gasteiger partial charge on any atom is 0.337 e. The minimum atomic E-state index is -1.31. The lowest BCUT2D eigenvalue weighted by Gasteiger charge is -2.13. The molecule has 0 aliphatic carbocycles. The van der Waals surface area contributed by atoms with E-state index in [0.717, 1.165) is 0 Å². The van der Waals surface area contributed by atoms with Gasteiger partial charge >= 0.3 is 11.9 Å². The van der Waals surface area contributed by atoms with Crippen molar-refractivity contribution in [3.05, 3.63) is 106 Å². The smallest absolute Gasteiger partial charge is 0.337 e. The number of aromatic carboxylic acids is 2. The van der Waals surface area contributed by atoms with Gasteiger partial charge in [0.2, 0.25) is 0 Å². The highest BCUT2D eigenvalue weighted by Gasteiger charge is 2.20. The van der Waals surface area contributed by atoms with Crippen LogP contribution in [-0.2, 0) is 6.42 Å². The Labute approximate surface area is 258 Å². The highest BCUT2D eigenvalue weighted by atomic mass is 16.5. The summed E-state index contributed by atoms with van der Waals surface area (Å²) in [5, 5.41) is 25.0. The van der Waals surface area contributed by atoms with E-state index in [1.165, 1.54) is 64.8 Å². The number of carbonyl (C=O) groups excluding carboxylic acids is 2. The number of hydrogen-bond donors (Lipinski definition) is 4. The molecule has 12 nitrogen and oxygen atoms in total. The number of benzene rings is 4. The summed E-state index contributed by atoms with van der Waals surface area (Å²) in [6, 6.07) is 18.1. The maximum absolute atomic E-state index is 13.0. The van der Waals surface area contributed by atoms with Crippen molar-refractivity contribution in [2.75, 3.05) is 39.1 Å². The molecular weight excluding hydrogens is 584 g/mol. The van der Waals surface area contributed by atoms with Gasteiger partial charge in [0.1, 0.15) is 0 Å². The van der Waals surface area contributed by atoms with Gasteiger partial charge in [-0.05, 0) is 72.1 Å². The SMILES string of the molecule is COc1ccc(NC(=O)c2ccc(Cc3ccc(NC(=O)c4ccc(OC)c(OC)c4)c(C(=O)O)c3)cc2C(=O)O)cc1OC. The fourth-order valence-corrected chi connectivity index (χ4v) is 4.58.